The van der Waals surface area contributed by atoms with E-state index in [1.165, 1.54) is 0 Å². The van der Waals surface area contributed by atoms with E-state index < -0.39 is 0 Å². The van der Waals surface area contributed by atoms with Crippen molar-refractivity contribution in [2.75, 3.05) is 20.7 Å². The summed E-state index contributed by atoms with van der Waals surface area (Å²) in [6.07, 6.45) is 0. The molecule has 0 unspecified atom stereocenters. The Balaban J connectivity index is 3.20. The van der Waals surface area contributed by atoms with Crippen LogP contribution in [0.3, 0.4) is 0 Å². The van der Waals surface area contributed by atoms with Crippen LogP contribution in [0.25, 0.3) is 0 Å². The average Bonchev–Trinajstić information content (AvgIpc) is 2.18. The molecule has 1 aromatic rings. The minimum Gasteiger partial charge on any atom is -0.496 e. The molecular formula is C11H14BrNO2. The van der Waals surface area contributed by atoms with Gasteiger partial charge in [0.25, 0.3) is 0 Å². The first-order chi connectivity index (χ1) is 7.11. The van der Waals surface area contributed by atoms with Crippen molar-refractivity contribution in [3.63, 3.8) is 0 Å². The van der Waals surface area contributed by atoms with Gasteiger partial charge < -0.3 is 10.1 Å². The number of hydrogen-bond donors (Lipinski definition) is 1. The Kier molecular flexibility index (Phi) is 4.29. The molecule has 0 aliphatic rings. The minimum absolute atomic E-state index is 0.0563. The van der Waals surface area contributed by atoms with Crippen molar-refractivity contribution in [2.24, 2.45) is 0 Å². The highest BCUT2D eigenvalue weighted by Crippen LogP contribution is 2.30. The largest absolute Gasteiger partial charge is 0.496 e. The fourth-order valence-corrected chi connectivity index (χ4v) is 2.23. The molecule has 0 heterocycles. The maximum atomic E-state index is 11.8. The topological polar surface area (TPSA) is 38.3 Å². The van der Waals surface area contributed by atoms with E-state index in [1.807, 2.05) is 19.1 Å². The van der Waals surface area contributed by atoms with Crippen LogP contribution in [0, 0.1) is 6.92 Å². The highest BCUT2D eigenvalue weighted by molar-refractivity contribution is 9.10. The SMILES string of the molecule is CNCC(=O)c1c(C)ccc(OC)c1Br. The predicted molar refractivity (Wildman–Crippen MR) is 63.7 cm³/mol. The van der Waals surface area contributed by atoms with Crippen LogP contribution in [0.1, 0.15) is 15.9 Å². The van der Waals surface area contributed by atoms with E-state index >= 15 is 0 Å². The molecule has 1 aromatic carbocycles. The third-order valence-electron chi connectivity index (χ3n) is 2.15. The lowest BCUT2D eigenvalue weighted by Crippen LogP contribution is -2.20. The minimum atomic E-state index is 0.0563. The molecule has 0 saturated carbocycles. The number of ketones is 1. The number of nitrogens with one attached hydrogen (secondary N) is 1. The monoisotopic (exact) mass is 271 g/mol. The summed E-state index contributed by atoms with van der Waals surface area (Å²) < 4.78 is 5.88. The van der Waals surface area contributed by atoms with Crippen molar-refractivity contribution in [2.45, 2.75) is 6.92 Å². The molecular weight excluding hydrogens is 258 g/mol. The molecule has 0 aliphatic carbocycles. The Morgan fingerprint density at radius 1 is 1.53 bits per heavy atom. The summed E-state index contributed by atoms with van der Waals surface area (Å²) in [5.41, 5.74) is 1.63. The summed E-state index contributed by atoms with van der Waals surface area (Å²) in [5, 5.41) is 2.85. The Bertz CT molecular complexity index is 377. The number of carbonyl (C=O) groups excluding carboxylic acids is 1. The van der Waals surface area contributed by atoms with Crippen LogP contribution in [-0.2, 0) is 0 Å². The number of rotatable bonds is 4. The standard InChI is InChI=1S/C11H14BrNO2/c1-7-4-5-9(15-3)11(12)10(7)8(14)6-13-2/h4-5,13H,6H2,1-3H3. The second-order valence-corrected chi connectivity index (χ2v) is 4.02. The number of aryl methyl sites for hydroxylation is 1. The molecule has 0 spiro atoms. The number of likely N-dealkylation sites (N-methyl/N-ethyl adjacent to an activating group) is 1. The van der Waals surface area contributed by atoms with Gasteiger partial charge in [0.2, 0.25) is 0 Å². The van der Waals surface area contributed by atoms with Gasteiger partial charge in [-0.3, -0.25) is 4.79 Å². The van der Waals surface area contributed by atoms with Gasteiger partial charge >= 0.3 is 0 Å². The molecule has 0 aromatic heterocycles. The summed E-state index contributed by atoms with van der Waals surface area (Å²) in [6.45, 7) is 2.24. The van der Waals surface area contributed by atoms with E-state index in [9.17, 15) is 4.79 Å². The zero-order chi connectivity index (χ0) is 11.4. The van der Waals surface area contributed by atoms with Gasteiger partial charge in [-0.2, -0.15) is 0 Å². The van der Waals surface area contributed by atoms with Crippen LogP contribution in [0.4, 0.5) is 0 Å². The first kappa shape index (κ1) is 12.2. The summed E-state index contributed by atoms with van der Waals surface area (Å²) in [5.74, 6) is 0.737. The summed E-state index contributed by atoms with van der Waals surface area (Å²) in [6, 6.07) is 3.72. The summed E-state index contributed by atoms with van der Waals surface area (Å²) in [4.78, 5) is 11.8. The predicted octanol–water partition coefficient (Wildman–Crippen LogP) is 2.17. The summed E-state index contributed by atoms with van der Waals surface area (Å²) in [7, 11) is 3.34. The number of ether oxygens (including phenoxy) is 1. The van der Waals surface area contributed by atoms with E-state index in [0.29, 0.717) is 17.9 Å². The highest BCUT2D eigenvalue weighted by atomic mass is 79.9. The Morgan fingerprint density at radius 3 is 2.73 bits per heavy atom. The lowest BCUT2D eigenvalue weighted by Gasteiger charge is -2.10. The van der Waals surface area contributed by atoms with Crippen molar-refractivity contribution in [1.82, 2.24) is 5.32 Å². The van der Waals surface area contributed by atoms with Gasteiger partial charge in [0.1, 0.15) is 5.75 Å². The van der Waals surface area contributed by atoms with Crippen LogP contribution in [0.15, 0.2) is 16.6 Å². The molecule has 3 nitrogen and oxygen atoms in total. The van der Waals surface area contributed by atoms with E-state index in [2.05, 4.69) is 21.2 Å². The fraction of sp³-hybridized carbons (Fsp3) is 0.364. The third-order valence-corrected chi connectivity index (χ3v) is 2.94. The highest BCUT2D eigenvalue weighted by Gasteiger charge is 2.15. The quantitative estimate of drug-likeness (QED) is 0.854. The molecule has 0 bridgehead atoms. The molecule has 15 heavy (non-hydrogen) atoms. The molecule has 0 amide bonds. The lowest BCUT2D eigenvalue weighted by atomic mass is 10.0. The smallest absolute Gasteiger partial charge is 0.178 e. The van der Waals surface area contributed by atoms with Gasteiger partial charge in [-0.1, -0.05) is 6.07 Å². The molecule has 0 aliphatic heterocycles. The zero-order valence-electron chi connectivity index (χ0n) is 9.06. The molecule has 0 radical (unpaired) electrons. The van der Waals surface area contributed by atoms with Crippen LogP contribution < -0.4 is 10.1 Å². The van der Waals surface area contributed by atoms with Crippen molar-refractivity contribution in [3.8, 4) is 5.75 Å². The van der Waals surface area contributed by atoms with Gasteiger partial charge in [0.15, 0.2) is 5.78 Å². The number of Topliss-reactive ketones (excluding diaryl/α,β-unsaturated/α-hetero) is 1. The third kappa shape index (κ3) is 2.58. The number of carbonyl (C=O) groups is 1. The molecule has 1 rings (SSSR count). The number of methoxy groups -OCH3 is 1. The Hall–Kier alpha value is -0.870. The average molecular weight is 272 g/mol. The van der Waals surface area contributed by atoms with E-state index in [0.717, 1.165) is 10.0 Å². The zero-order valence-corrected chi connectivity index (χ0v) is 10.6. The number of hydrogen-bond acceptors (Lipinski definition) is 3. The van der Waals surface area contributed by atoms with Crippen molar-refractivity contribution < 1.29 is 9.53 Å². The van der Waals surface area contributed by atoms with Gasteiger partial charge in [-0.25, -0.2) is 0 Å². The van der Waals surface area contributed by atoms with Crippen LogP contribution >= 0.6 is 15.9 Å². The van der Waals surface area contributed by atoms with Gasteiger partial charge in [0.05, 0.1) is 18.1 Å². The lowest BCUT2D eigenvalue weighted by molar-refractivity contribution is 0.0992. The maximum absolute atomic E-state index is 11.8. The maximum Gasteiger partial charge on any atom is 0.178 e. The number of halogens is 1. The summed E-state index contributed by atoms with van der Waals surface area (Å²) >= 11 is 3.39. The number of benzene rings is 1. The molecule has 4 heteroatoms. The Morgan fingerprint density at radius 2 is 2.20 bits per heavy atom. The Labute approximate surface area is 97.9 Å². The molecule has 0 saturated heterocycles. The normalized spacial score (nSPS) is 10.1. The van der Waals surface area contributed by atoms with E-state index in [1.54, 1.807) is 14.2 Å². The molecule has 0 fully saturated rings. The van der Waals surface area contributed by atoms with Crippen molar-refractivity contribution in [3.05, 3.63) is 27.7 Å². The van der Waals surface area contributed by atoms with Crippen LogP contribution in [0.2, 0.25) is 0 Å². The van der Waals surface area contributed by atoms with Crippen LogP contribution in [0.5, 0.6) is 5.75 Å². The second-order valence-electron chi connectivity index (χ2n) is 3.23. The van der Waals surface area contributed by atoms with Gasteiger partial charge in [-0.15, -0.1) is 0 Å². The van der Waals surface area contributed by atoms with E-state index in [4.69, 9.17) is 4.74 Å². The van der Waals surface area contributed by atoms with Crippen molar-refractivity contribution in [1.29, 1.82) is 0 Å². The molecule has 82 valence electrons. The first-order valence-electron chi connectivity index (χ1n) is 4.62. The van der Waals surface area contributed by atoms with Crippen LogP contribution in [-0.4, -0.2) is 26.5 Å². The first-order valence-corrected chi connectivity index (χ1v) is 5.42. The fourth-order valence-electron chi connectivity index (χ4n) is 1.40. The molecule has 1 N–H and O–H groups in total. The molecule has 0 atom stereocenters. The van der Waals surface area contributed by atoms with Crippen molar-refractivity contribution >= 4 is 21.7 Å². The van der Waals surface area contributed by atoms with Gasteiger partial charge in [0, 0.05) is 5.56 Å². The second kappa shape index (κ2) is 5.28. The van der Waals surface area contributed by atoms with Gasteiger partial charge in [-0.05, 0) is 41.5 Å². The van der Waals surface area contributed by atoms with E-state index in [-0.39, 0.29) is 5.78 Å².